The number of amides is 2. The Labute approximate surface area is 150 Å². The smallest absolute Gasteiger partial charge is 0.319 e. The van der Waals surface area contributed by atoms with Crippen LogP contribution in [0.3, 0.4) is 0 Å². The SMILES string of the molecule is O=C(NCCc1cc2ccccc2[nH]1)Nc1ccc(-n2cncn2)cc1. The van der Waals surface area contributed by atoms with E-state index in [2.05, 4.69) is 37.8 Å². The maximum absolute atomic E-state index is 12.0. The van der Waals surface area contributed by atoms with Gasteiger partial charge in [0.2, 0.25) is 0 Å². The van der Waals surface area contributed by atoms with Crippen LogP contribution in [-0.2, 0) is 6.42 Å². The number of fused-ring (bicyclic) bond motifs is 1. The molecule has 130 valence electrons. The summed E-state index contributed by atoms with van der Waals surface area (Å²) in [7, 11) is 0. The van der Waals surface area contributed by atoms with Crippen molar-refractivity contribution in [2.75, 3.05) is 11.9 Å². The Balaban J connectivity index is 1.28. The Bertz CT molecular complexity index is 971. The van der Waals surface area contributed by atoms with Crippen molar-refractivity contribution < 1.29 is 4.79 Å². The number of nitrogens with one attached hydrogen (secondary N) is 3. The van der Waals surface area contributed by atoms with Crippen LogP contribution in [0, 0.1) is 0 Å². The van der Waals surface area contributed by atoms with Crippen LogP contribution in [0.15, 0.2) is 67.3 Å². The highest BCUT2D eigenvalue weighted by Gasteiger charge is 2.04. The average molecular weight is 346 g/mol. The summed E-state index contributed by atoms with van der Waals surface area (Å²) in [6.45, 7) is 0.551. The molecule has 2 amide bonds. The van der Waals surface area contributed by atoms with Gasteiger partial charge >= 0.3 is 6.03 Å². The molecular weight excluding hydrogens is 328 g/mol. The van der Waals surface area contributed by atoms with E-state index in [4.69, 9.17) is 0 Å². The molecule has 0 spiro atoms. The lowest BCUT2D eigenvalue weighted by molar-refractivity contribution is 0.252. The fourth-order valence-electron chi connectivity index (χ4n) is 2.79. The first-order valence-electron chi connectivity index (χ1n) is 8.34. The third kappa shape index (κ3) is 3.56. The monoisotopic (exact) mass is 346 g/mol. The van der Waals surface area contributed by atoms with Gasteiger partial charge in [0.25, 0.3) is 0 Å². The normalized spacial score (nSPS) is 10.8. The molecule has 7 nitrogen and oxygen atoms in total. The van der Waals surface area contributed by atoms with Gasteiger partial charge in [0.1, 0.15) is 12.7 Å². The lowest BCUT2D eigenvalue weighted by Gasteiger charge is -2.08. The molecule has 2 aromatic carbocycles. The molecule has 26 heavy (non-hydrogen) atoms. The van der Waals surface area contributed by atoms with Crippen molar-refractivity contribution in [2.45, 2.75) is 6.42 Å². The predicted molar refractivity (Wildman–Crippen MR) is 100 cm³/mol. The second kappa shape index (κ2) is 7.10. The zero-order valence-corrected chi connectivity index (χ0v) is 14.0. The largest absolute Gasteiger partial charge is 0.358 e. The number of hydrogen-bond donors (Lipinski definition) is 3. The van der Waals surface area contributed by atoms with Gasteiger partial charge in [-0.2, -0.15) is 5.10 Å². The lowest BCUT2D eigenvalue weighted by Crippen LogP contribution is -2.30. The molecule has 0 saturated carbocycles. The Morgan fingerprint density at radius 1 is 1.12 bits per heavy atom. The molecule has 0 radical (unpaired) electrons. The van der Waals surface area contributed by atoms with Gasteiger partial charge in [-0.3, -0.25) is 0 Å². The van der Waals surface area contributed by atoms with Crippen LogP contribution in [0.5, 0.6) is 0 Å². The Kier molecular flexibility index (Phi) is 4.34. The molecule has 0 aliphatic carbocycles. The molecule has 0 fully saturated rings. The minimum Gasteiger partial charge on any atom is -0.358 e. The van der Waals surface area contributed by atoms with E-state index in [1.54, 1.807) is 11.0 Å². The van der Waals surface area contributed by atoms with Crippen LogP contribution in [0.1, 0.15) is 5.69 Å². The summed E-state index contributed by atoms with van der Waals surface area (Å²) >= 11 is 0. The van der Waals surface area contributed by atoms with Gasteiger partial charge in [0.15, 0.2) is 0 Å². The molecule has 2 aromatic heterocycles. The number of aromatic nitrogens is 4. The van der Waals surface area contributed by atoms with E-state index in [-0.39, 0.29) is 6.03 Å². The fourth-order valence-corrected chi connectivity index (χ4v) is 2.79. The summed E-state index contributed by atoms with van der Waals surface area (Å²) in [5, 5.41) is 10.9. The minimum atomic E-state index is -0.227. The van der Waals surface area contributed by atoms with Crippen LogP contribution in [0.2, 0.25) is 0 Å². The second-order valence-electron chi connectivity index (χ2n) is 5.90. The predicted octanol–water partition coefficient (Wildman–Crippen LogP) is 3.11. The van der Waals surface area contributed by atoms with Crippen LogP contribution < -0.4 is 10.6 Å². The summed E-state index contributed by atoms with van der Waals surface area (Å²) in [5.74, 6) is 0. The van der Waals surface area contributed by atoms with E-state index >= 15 is 0 Å². The van der Waals surface area contributed by atoms with Gasteiger partial charge in [-0.05, 0) is 41.8 Å². The van der Waals surface area contributed by atoms with Crippen molar-refractivity contribution >= 4 is 22.6 Å². The molecule has 2 heterocycles. The summed E-state index contributed by atoms with van der Waals surface area (Å²) < 4.78 is 1.66. The van der Waals surface area contributed by atoms with Crippen LogP contribution in [0.25, 0.3) is 16.6 Å². The number of carbonyl (C=O) groups excluding carboxylic acids is 1. The molecule has 4 aromatic rings. The van der Waals surface area contributed by atoms with Crippen molar-refractivity contribution in [3.63, 3.8) is 0 Å². The number of urea groups is 1. The van der Waals surface area contributed by atoms with Gasteiger partial charge < -0.3 is 15.6 Å². The molecule has 0 atom stereocenters. The second-order valence-corrected chi connectivity index (χ2v) is 5.90. The maximum atomic E-state index is 12.0. The Hall–Kier alpha value is -3.61. The van der Waals surface area contributed by atoms with E-state index in [0.717, 1.165) is 29.0 Å². The topological polar surface area (TPSA) is 87.6 Å². The van der Waals surface area contributed by atoms with Gasteiger partial charge in [-0.15, -0.1) is 0 Å². The molecule has 0 aliphatic heterocycles. The molecule has 3 N–H and O–H groups in total. The lowest BCUT2D eigenvalue weighted by atomic mass is 10.2. The molecule has 0 aliphatic rings. The zero-order valence-electron chi connectivity index (χ0n) is 14.0. The number of hydrogen-bond acceptors (Lipinski definition) is 3. The number of para-hydroxylation sites is 1. The van der Waals surface area contributed by atoms with Gasteiger partial charge in [-0.1, -0.05) is 18.2 Å². The summed E-state index contributed by atoms with van der Waals surface area (Å²) in [6, 6.07) is 17.4. The molecule has 0 bridgehead atoms. The van der Waals surface area contributed by atoms with E-state index < -0.39 is 0 Å². The van der Waals surface area contributed by atoms with E-state index in [1.807, 2.05) is 42.5 Å². The van der Waals surface area contributed by atoms with E-state index in [9.17, 15) is 4.79 Å². The highest BCUT2D eigenvalue weighted by molar-refractivity contribution is 5.89. The third-order valence-electron chi connectivity index (χ3n) is 4.07. The Morgan fingerprint density at radius 2 is 1.96 bits per heavy atom. The zero-order chi connectivity index (χ0) is 17.8. The first-order valence-corrected chi connectivity index (χ1v) is 8.34. The standard InChI is InChI=1S/C19H18N6O/c26-19(21-10-9-16-11-14-3-1-2-4-18(14)23-16)24-15-5-7-17(8-6-15)25-13-20-12-22-25/h1-8,11-13,23H,9-10H2,(H2,21,24,26). The number of aromatic amines is 1. The number of rotatable bonds is 5. The average Bonchev–Trinajstić information content (AvgIpc) is 3.32. The fraction of sp³-hybridized carbons (Fsp3) is 0.105. The van der Waals surface area contributed by atoms with Gasteiger partial charge in [0.05, 0.1) is 5.69 Å². The number of nitrogens with zero attached hydrogens (tertiary/aromatic N) is 3. The highest BCUT2D eigenvalue weighted by atomic mass is 16.2. The molecule has 4 rings (SSSR count). The number of carbonyl (C=O) groups is 1. The molecular formula is C19H18N6O. The Morgan fingerprint density at radius 3 is 2.73 bits per heavy atom. The number of H-pyrrole nitrogens is 1. The van der Waals surface area contributed by atoms with E-state index in [0.29, 0.717) is 6.54 Å². The molecule has 0 saturated heterocycles. The number of anilines is 1. The van der Waals surface area contributed by atoms with Crippen LogP contribution >= 0.6 is 0 Å². The van der Waals surface area contributed by atoms with Crippen molar-refractivity contribution in [3.05, 3.63) is 72.9 Å². The van der Waals surface area contributed by atoms with E-state index in [1.165, 1.54) is 11.7 Å². The number of benzene rings is 2. The van der Waals surface area contributed by atoms with Crippen molar-refractivity contribution in [1.29, 1.82) is 0 Å². The molecule has 7 heteroatoms. The van der Waals surface area contributed by atoms with Crippen molar-refractivity contribution in [3.8, 4) is 5.69 Å². The quantitative estimate of drug-likeness (QED) is 0.519. The molecule has 0 unspecified atom stereocenters. The highest BCUT2D eigenvalue weighted by Crippen LogP contribution is 2.15. The van der Waals surface area contributed by atoms with Crippen LogP contribution in [0.4, 0.5) is 10.5 Å². The van der Waals surface area contributed by atoms with Crippen LogP contribution in [-0.4, -0.2) is 32.3 Å². The van der Waals surface area contributed by atoms with Gasteiger partial charge in [-0.25, -0.2) is 14.5 Å². The van der Waals surface area contributed by atoms with Crippen molar-refractivity contribution in [1.82, 2.24) is 25.1 Å². The van der Waals surface area contributed by atoms with Crippen molar-refractivity contribution in [2.24, 2.45) is 0 Å². The first kappa shape index (κ1) is 15.9. The van der Waals surface area contributed by atoms with Gasteiger partial charge in [0, 0.05) is 29.9 Å². The third-order valence-corrected chi connectivity index (χ3v) is 4.07. The summed E-state index contributed by atoms with van der Waals surface area (Å²) in [5.41, 5.74) is 3.81. The first-order chi connectivity index (χ1) is 12.8. The summed E-state index contributed by atoms with van der Waals surface area (Å²) in [6.07, 6.45) is 3.85. The minimum absolute atomic E-state index is 0.227. The maximum Gasteiger partial charge on any atom is 0.319 e. The summed E-state index contributed by atoms with van der Waals surface area (Å²) in [4.78, 5) is 19.3.